The van der Waals surface area contributed by atoms with Gasteiger partial charge in [0.2, 0.25) is 0 Å². The number of nitrogens with zero attached hydrogens (tertiary/aromatic N) is 2. The Labute approximate surface area is 63.9 Å². The van der Waals surface area contributed by atoms with E-state index in [2.05, 4.69) is 25.7 Å². The number of fused-ring (bicyclic) bond motifs is 3. The lowest BCUT2D eigenvalue weighted by Gasteiger charge is -2.45. The number of hydrogen-bond acceptors (Lipinski definition) is 2. The molecular weight excluding hydrogens is 180 g/mol. The van der Waals surface area contributed by atoms with Gasteiger partial charge in [0.15, 0.2) is 0 Å². The average molecular weight is 191 g/mol. The van der Waals surface area contributed by atoms with Crippen molar-refractivity contribution in [2.45, 2.75) is 4.95 Å². The fourth-order valence-corrected chi connectivity index (χ4v) is 2.37. The van der Waals surface area contributed by atoms with E-state index >= 15 is 0 Å². The van der Waals surface area contributed by atoms with Crippen molar-refractivity contribution >= 4 is 15.9 Å². The molecule has 0 aromatic carbocycles. The fraction of sp³-hybridized carbons (Fsp3) is 1.00. The Kier molecular flexibility index (Phi) is 1.51. The van der Waals surface area contributed by atoms with Crippen LogP contribution in [0.1, 0.15) is 0 Å². The van der Waals surface area contributed by atoms with Crippen LogP contribution in [0.3, 0.4) is 0 Å². The predicted molar refractivity (Wildman–Crippen MR) is 40.7 cm³/mol. The first-order valence-corrected chi connectivity index (χ1v) is 4.38. The summed E-state index contributed by atoms with van der Waals surface area (Å²) in [4.78, 5) is 5.65. The molecule has 0 amide bonds. The third kappa shape index (κ3) is 1.02. The van der Waals surface area contributed by atoms with Crippen LogP contribution in [0.5, 0.6) is 0 Å². The van der Waals surface area contributed by atoms with Crippen molar-refractivity contribution in [2.24, 2.45) is 0 Å². The van der Waals surface area contributed by atoms with E-state index in [0.29, 0.717) is 4.95 Å². The Bertz CT molecular complexity index is 110. The van der Waals surface area contributed by atoms with Crippen molar-refractivity contribution in [1.82, 2.24) is 9.80 Å². The zero-order valence-electron chi connectivity index (χ0n) is 5.39. The third-order valence-electron chi connectivity index (χ3n) is 2.21. The van der Waals surface area contributed by atoms with Gasteiger partial charge in [0.1, 0.15) is 0 Å². The molecule has 0 aromatic heterocycles. The molecule has 1 atom stereocenters. The van der Waals surface area contributed by atoms with E-state index in [0.717, 1.165) is 0 Å². The highest BCUT2D eigenvalue weighted by Gasteiger charge is 2.29. The van der Waals surface area contributed by atoms with Crippen LogP contribution in [-0.4, -0.2) is 47.5 Å². The Morgan fingerprint density at radius 1 is 1.11 bits per heavy atom. The van der Waals surface area contributed by atoms with Crippen molar-refractivity contribution in [3.8, 4) is 0 Å². The van der Waals surface area contributed by atoms with Crippen LogP contribution in [0, 0.1) is 0 Å². The fourth-order valence-electron chi connectivity index (χ4n) is 1.55. The summed E-state index contributed by atoms with van der Waals surface area (Å²) in [6, 6.07) is 0. The third-order valence-corrected chi connectivity index (χ3v) is 3.08. The van der Waals surface area contributed by atoms with Crippen molar-refractivity contribution in [3.05, 3.63) is 0 Å². The van der Waals surface area contributed by atoms with Gasteiger partial charge in [-0.3, -0.25) is 9.80 Å². The lowest BCUT2D eigenvalue weighted by Crippen LogP contribution is -2.58. The summed E-state index contributed by atoms with van der Waals surface area (Å²) >= 11 is 3.63. The topological polar surface area (TPSA) is 6.48 Å². The van der Waals surface area contributed by atoms with Crippen LogP contribution in [0.2, 0.25) is 0 Å². The van der Waals surface area contributed by atoms with Crippen LogP contribution in [0.4, 0.5) is 0 Å². The van der Waals surface area contributed by atoms with E-state index in [-0.39, 0.29) is 0 Å². The largest absolute Gasteiger partial charge is 0.298 e. The summed E-state index contributed by atoms with van der Waals surface area (Å²) in [6.45, 7) is 6.30. The first-order chi connectivity index (χ1) is 4.36. The number of hydrogen-bond donors (Lipinski definition) is 0. The van der Waals surface area contributed by atoms with Gasteiger partial charge in [-0.2, -0.15) is 0 Å². The first-order valence-electron chi connectivity index (χ1n) is 3.47. The van der Waals surface area contributed by atoms with Gasteiger partial charge >= 0.3 is 0 Å². The molecule has 3 rings (SSSR count). The SMILES string of the molecule is BrC1CN2CCN1CC2. The van der Waals surface area contributed by atoms with E-state index in [1.807, 2.05) is 0 Å². The van der Waals surface area contributed by atoms with E-state index in [1.165, 1.54) is 32.7 Å². The van der Waals surface area contributed by atoms with E-state index in [4.69, 9.17) is 0 Å². The van der Waals surface area contributed by atoms with Gasteiger partial charge in [-0.15, -0.1) is 0 Å². The Morgan fingerprint density at radius 2 is 1.78 bits per heavy atom. The normalized spacial score (nSPS) is 49.7. The maximum atomic E-state index is 3.63. The van der Waals surface area contributed by atoms with Crippen molar-refractivity contribution in [1.29, 1.82) is 0 Å². The summed E-state index contributed by atoms with van der Waals surface area (Å²) in [5.41, 5.74) is 0. The van der Waals surface area contributed by atoms with Gasteiger partial charge in [0.05, 0.1) is 4.95 Å². The van der Waals surface area contributed by atoms with Crippen LogP contribution in [0.25, 0.3) is 0 Å². The molecule has 0 N–H and O–H groups in total. The standard InChI is InChI=1S/C6H11BrN2/c7-6-5-8-1-3-9(6)4-2-8/h6H,1-5H2. The molecule has 3 fully saturated rings. The van der Waals surface area contributed by atoms with Crippen LogP contribution in [0.15, 0.2) is 0 Å². The summed E-state index contributed by atoms with van der Waals surface area (Å²) in [6.07, 6.45) is 0. The van der Waals surface area contributed by atoms with E-state index < -0.39 is 0 Å². The first kappa shape index (κ1) is 6.13. The van der Waals surface area contributed by atoms with E-state index in [9.17, 15) is 0 Å². The monoisotopic (exact) mass is 190 g/mol. The van der Waals surface area contributed by atoms with Crippen molar-refractivity contribution in [3.63, 3.8) is 0 Å². The maximum absolute atomic E-state index is 3.63. The van der Waals surface area contributed by atoms with Crippen LogP contribution < -0.4 is 0 Å². The number of alkyl halides is 1. The zero-order chi connectivity index (χ0) is 6.27. The molecule has 52 valence electrons. The summed E-state index contributed by atoms with van der Waals surface area (Å²) in [5, 5.41) is 0. The highest BCUT2D eigenvalue weighted by Crippen LogP contribution is 2.18. The van der Waals surface area contributed by atoms with Crippen LogP contribution in [-0.2, 0) is 0 Å². The van der Waals surface area contributed by atoms with E-state index in [1.54, 1.807) is 0 Å². The minimum Gasteiger partial charge on any atom is -0.298 e. The number of piperazine rings is 3. The zero-order valence-corrected chi connectivity index (χ0v) is 6.97. The summed E-state index contributed by atoms with van der Waals surface area (Å²) in [5.74, 6) is 0. The Morgan fingerprint density at radius 3 is 2.00 bits per heavy atom. The molecule has 9 heavy (non-hydrogen) atoms. The van der Waals surface area contributed by atoms with Gasteiger partial charge < -0.3 is 0 Å². The molecule has 3 heterocycles. The second-order valence-electron chi connectivity index (χ2n) is 2.77. The number of rotatable bonds is 0. The molecule has 0 aliphatic carbocycles. The lowest BCUT2D eigenvalue weighted by atomic mass is 10.2. The Balaban J connectivity index is 2.06. The van der Waals surface area contributed by atoms with Crippen molar-refractivity contribution in [2.75, 3.05) is 32.7 Å². The smallest absolute Gasteiger partial charge is 0.0785 e. The van der Waals surface area contributed by atoms with Gasteiger partial charge in [0.25, 0.3) is 0 Å². The molecule has 3 saturated heterocycles. The molecular formula is C6H11BrN2. The molecule has 0 aromatic rings. The quantitative estimate of drug-likeness (QED) is 0.402. The molecule has 0 radical (unpaired) electrons. The van der Waals surface area contributed by atoms with Crippen LogP contribution >= 0.6 is 15.9 Å². The molecule has 2 nitrogen and oxygen atoms in total. The van der Waals surface area contributed by atoms with Gasteiger partial charge in [-0.1, -0.05) is 15.9 Å². The highest BCUT2D eigenvalue weighted by molar-refractivity contribution is 9.09. The molecule has 0 spiro atoms. The molecule has 3 aliphatic rings. The average Bonchev–Trinajstić information content (AvgIpc) is 1.90. The van der Waals surface area contributed by atoms with Gasteiger partial charge in [-0.25, -0.2) is 0 Å². The minimum atomic E-state index is 0.639. The second kappa shape index (κ2) is 2.22. The molecule has 0 saturated carbocycles. The summed E-state index contributed by atoms with van der Waals surface area (Å²) < 4.78 is 0. The lowest BCUT2D eigenvalue weighted by molar-refractivity contribution is 0.0525. The summed E-state index contributed by atoms with van der Waals surface area (Å²) in [7, 11) is 0. The molecule has 3 aliphatic heterocycles. The highest BCUT2D eigenvalue weighted by atomic mass is 79.9. The Hall–Kier alpha value is 0.400. The van der Waals surface area contributed by atoms with Gasteiger partial charge in [0, 0.05) is 32.7 Å². The molecule has 1 unspecified atom stereocenters. The molecule has 2 bridgehead atoms. The van der Waals surface area contributed by atoms with Gasteiger partial charge in [-0.05, 0) is 0 Å². The van der Waals surface area contributed by atoms with Crippen molar-refractivity contribution < 1.29 is 0 Å². The maximum Gasteiger partial charge on any atom is 0.0785 e. The second-order valence-corrected chi connectivity index (χ2v) is 3.83. The minimum absolute atomic E-state index is 0.639. The molecule has 3 heteroatoms. The number of halogens is 1. The predicted octanol–water partition coefficient (Wildman–Crippen LogP) is 0.339.